The number of aliphatic carboxylic acids is 1. The molecular weight excluding hydrogens is 244 g/mol. The number of methoxy groups -OCH3 is 1. The highest BCUT2D eigenvalue weighted by molar-refractivity contribution is 5.68. The third kappa shape index (κ3) is 3.70. The molecule has 0 aliphatic carbocycles. The van der Waals surface area contributed by atoms with Gasteiger partial charge in [-0.2, -0.15) is 0 Å². The first-order chi connectivity index (χ1) is 8.88. The van der Waals surface area contributed by atoms with Gasteiger partial charge in [-0.3, -0.25) is 0 Å². The molecule has 0 fully saturated rings. The van der Waals surface area contributed by atoms with E-state index in [1.54, 1.807) is 7.11 Å². The van der Waals surface area contributed by atoms with Crippen molar-refractivity contribution in [3.8, 4) is 5.75 Å². The Morgan fingerprint density at radius 1 is 1.26 bits per heavy atom. The molecule has 1 atom stereocenters. The quantitative estimate of drug-likeness (QED) is 0.859. The van der Waals surface area contributed by atoms with E-state index in [1.165, 1.54) is 0 Å². The van der Waals surface area contributed by atoms with Crippen LogP contribution in [-0.2, 0) is 9.53 Å². The number of ether oxygens (including phenoxy) is 2. The van der Waals surface area contributed by atoms with Gasteiger partial charge >= 0.3 is 5.97 Å². The minimum absolute atomic E-state index is 0.200. The Hall–Kier alpha value is -1.55. The maximum Gasteiger partial charge on any atom is 0.329 e. The Labute approximate surface area is 114 Å². The standard InChI is InChI=1S/C15H22O4/c1-9(2)15(19-8-14(16)17)12-6-7-13(18-5)11(4)10(12)3/h6-7,9,15H,8H2,1-5H3,(H,16,17). The molecule has 0 amide bonds. The molecule has 1 aromatic rings. The lowest BCUT2D eigenvalue weighted by atomic mass is 9.92. The SMILES string of the molecule is COc1ccc(C(OCC(=O)O)C(C)C)c(C)c1C. The highest BCUT2D eigenvalue weighted by atomic mass is 16.5. The molecule has 0 aliphatic heterocycles. The number of hydrogen-bond donors (Lipinski definition) is 1. The maximum absolute atomic E-state index is 10.7. The van der Waals surface area contributed by atoms with Gasteiger partial charge in [0.2, 0.25) is 0 Å². The predicted octanol–water partition coefficient (Wildman–Crippen LogP) is 3.11. The van der Waals surface area contributed by atoms with Crippen LogP contribution in [0.2, 0.25) is 0 Å². The summed E-state index contributed by atoms with van der Waals surface area (Å²) in [6, 6.07) is 3.85. The first-order valence-corrected chi connectivity index (χ1v) is 6.36. The number of benzene rings is 1. The molecule has 1 rings (SSSR count). The van der Waals surface area contributed by atoms with Gasteiger partial charge in [0.25, 0.3) is 0 Å². The molecule has 0 aromatic heterocycles. The molecule has 1 N–H and O–H groups in total. The summed E-state index contributed by atoms with van der Waals surface area (Å²) in [6.45, 7) is 7.75. The van der Waals surface area contributed by atoms with Crippen LogP contribution in [0.15, 0.2) is 12.1 Å². The molecule has 1 unspecified atom stereocenters. The largest absolute Gasteiger partial charge is 0.496 e. The second-order valence-corrected chi connectivity index (χ2v) is 4.98. The summed E-state index contributed by atoms with van der Waals surface area (Å²) in [5, 5.41) is 8.75. The average molecular weight is 266 g/mol. The summed E-state index contributed by atoms with van der Waals surface area (Å²) in [7, 11) is 1.64. The van der Waals surface area contributed by atoms with Crippen LogP contribution >= 0.6 is 0 Å². The van der Waals surface area contributed by atoms with Crippen molar-refractivity contribution in [3.63, 3.8) is 0 Å². The summed E-state index contributed by atoms with van der Waals surface area (Å²) in [5.74, 6) is 0.0846. The molecule has 1 aromatic carbocycles. The van der Waals surface area contributed by atoms with Gasteiger partial charge in [0.05, 0.1) is 13.2 Å². The van der Waals surface area contributed by atoms with E-state index in [0.29, 0.717) is 0 Å². The number of hydrogen-bond acceptors (Lipinski definition) is 3. The van der Waals surface area contributed by atoms with Crippen molar-refractivity contribution in [1.29, 1.82) is 0 Å². The molecule has 0 heterocycles. The van der Waals surface area contributed by atoms with Crippen LogP contribution in [0.1, 0.15) is 36.6 Å². The predicted molar refractivity (Wildman–Crippen MR) is 73.6 cm³/mol. The molecular formula is C15H22O4. The molecule has 0 spiro atoms. The lowest BCUT2D eigenvalue weighted by Gasteiger charge is -2.24. The molecule has 4 heteroatoms. The first-order valence-electron chi connectivity index (χ1n) is 6.36. The monoisotopic (exact) mass is 266 g/mol. The van der Waals surface area contributed by atoms with Gasteiger partial charge in [-0.15, -0.1) is 0 Å². The van der Waals surface area contributed by atoms with Gasteiger partial charge in [-0.05, 0) is 42.5 Å². The summed E-state index contributed by atoms with van der Waals surface area (Å²) in [6.07, 6.45) is -0.222. The molecule has 106 valence electrons. The lowest BCUT2D eigenvalue weighted by molar-refractivity contribution is -0.145. The third-order valence-electron chi connectivity index (χ3n) is 3.30. The lowest BCUT2D eigenvalue weighted by Crippen LogP contribution is -2.17. The van der Waals surface area contributed by atoms with Crippen molar-refractivity contribution < 1.29 is 19.4 Å². The van der Waals surface area contributed by atoms with Crippen LogP contribution in [0.25, 0.3) is 0 Å². The van der Waals surface area contributed by atoms with Crippen LogP contribution in [-0.4, -0.2) is 24.8 Å². The fraction of sp³-hybridized carbons (Fsp3) is 0.533. The second-order valence-electron chi connectivity index (χ2n) is 4.98. The van der Waals surface area contributed by atoms with Crippen molar-refractivity contribution in [2.75, 3.05) is 13.7 Å². The van der Waals surface area contributed by atoms with Crippen LogP contribution in [0.4, 0.5) is 0 Å². The number of carboxylic acid groups (broad SMARTS) is 1. The zero-order valence-corrected chi connectivity index (χ0v) is 12.2. The summed E-state index contributed by atoms with van der Waals surface area (Å²) >= 11 is 0. The van der Waals surface area contributed by atoms with Crippen LogP contribution in [0, 0.1) is 19.8 Å². The average Bonchev–Trinajstić information content (AvgIpc) is 2.34. The fourth-order valence-corrected chi connectivity index (χ4v) is 2.15. The van der Waals surface area contributed by atoms with Crippen molar-refractivity contribution in [2.45, 2.75) is 33.8 Å². The van der Waals surface area contributed by atoms with E-state index < -0.39 is 5.97 Å². The Morgan fingerprint density at radius 3 is 2.37 bits per heavy atom. The van der Waals surface area contributed by atoms with E-state index >= 15 is 0 Å². The van der Waals surface area contributed by atoms with E-state index in [2.05, 4.69) is 0 Å². The van der Waals surface area contributed by atoms with Crippen molar-refractivity contribution >= 4 is 5.97 Å². The van der Waals surface area contributed by atoms with Gasteiger partial charge in [-0.1, -0.05) is 19.9 Å². The van der Waals surface area contributed by atoms with Crippen LogP contribution in [0.5, 0.6) is 5.75 Å². The normalized spacial score (nSPS) is 12.5. The minimum atomic E-state index is -0.950. The van der Waals surface area contributed by atoms with Crippen LogP contribution in [0.3, 0.4) is 0 Å². The van der Waals surface area contributed by atoms with Gasteiger partial charge in [-0.25, -0.2) is 4.79 Å². The highest BCUT2D eigenvalue weighted by Gasteiger charge is 2.21. The zero-order chi connectivity index (χ0) is 14.6. The Morgan fingerprint density at radius 2 is 1.89 bits per heavy atom. The summed E-state index contributed by atoms with van der Waals surface area (Å²) in [4.78, 5) is 10.7. The Balaban J connectivity index is 3.09. The summed E-state index contributed by atoms with van der Waals surface area (Å²) in [5.41, 5.74) is 3.17. The van der Waals surface area contributed by atoms with Crippen molar-refractivity contribution in [3.05, 3.63) is 28.8 Å². The van der Waals surface area contributed by atoms with E-state index in [0.717, 1.165) is 22.4 Å². The Bertz CT molecular complexity index is 452. The topological polar surface area (TPSA) is 55.8 Å². The van der Waals surface area contributed by atoms with E-state index in [4.69, 9.17) is 14.6 Å². The van der Waals surface area contributed by atoms with Gasteiger partial charge in [0.1, 0.15) is 12.4 Å². The minimum Gasteiger partial charge on any atom is -0.496 e. The smallest absolute Gasteiger partial charge is 0.329 e. The number of carbonyl (C=O) groups is 1. The van der Waals surface area contributed by atoms with Gasteiger partial charge in [0.15, 0.2) is 0 Å². The van der Waals surface area contributed by atoms with Gasteiger partial charge in [0, 0.05) is 0 Å². The third-order valence-corrected chi connectivity index (χ3v) is 3.30. The second kappa shape index (κ2) is 6.57. The molecule has 19 heavy (non-hydrogen) atoms. The van der Waals surface area contributed by atoms with Gasteiger partial charge < -0.3 is 14.6 Å². The molecule has 0 radical (unpaired) electrons. The van der Waals surface area contributed by atoms with E-state index in [1.807, 2.05) is 39.8 Å². The number of carboxylic acids is 1. The van der Waals surface area contributed by atoms with E-state index in [-0.39, 0.29) is 18.6 Å². The van der Waals surface area contributed by atoms with Crippen LogP contribution < -0.4 is 4.74 Å². The molecule has 0 saturated carbocycles. The van der Waals surface area contributed by atoms with Crippen molar-refractivity contribution in [2.24, 2.45) is 5.92 Å². The van der Waals surface area contributed by atoms with E-state index in [9.17, 15) is 4.79 Å². The highest BCUT2D eigenvalue weighted by Crippen LogP contribution is 2.33. The number of rotatable bonds is 6. The Kier molecular flexibility index (Phi) is 5.36. The fourth-order valence-electron chi connectivity index (χ4n) is 2.15. The molecule has 0 saturated heterocycles. The first kappa shape index (κ1) is 15.5. The molecule has 4 nitrogen and oxygen atoms in total. The molecule has 0 aliphatic rings. The zero-order valence-electron chi connectivity index (χ0n) is 12.2. The van der Waals surface area contributed by atoms with Crippen molar-refractivity contribution in [1.82, 2.24) is 0 Å². The maximum atomic E-state index is 10.7. The summed E-state index contributed by atoms with van der Waals surface area (Å²) < 4.78 is 10.8. The molecule has 0 bridgehead atoms.